The molecule has 0 aliphatic carbocycles. The summed E-state index contributed by atoms with van der Waals surface area (Å²) >= 11 is 0. The number of rotatable bonds is 4. The molecule has 0 spiro atoms. The molecule has 94 valence electrons. The lowest BCUT2D eigenvalue weighted by molar-refractivity contribution is 0.301. The Bertz CT molecular complexity index is 520. The van der Waals surface area contributed by atoms with Crippen molar-refractivity contribution in [2.75, 3.05) is 0 Å². The maximum atomic E-state index is 5.93. The molecule has 0 saturated carbocycles. The fraction of sp³-hybridized carbons (Fsp3) is 0.250. The lowest BCUT2D eigenvalue weighted by atomic mass is 10.1. The van der Waals surface area contributed by atoms with Gasteiger partial charge in [-0.25, -0.2) is 0 Å². The molecule has 1 unspecified atom stereocenters. The number of hydrogen-bond donors (Lipinski definition) is 1. The van der Waals surface area contributed by atoms with E-state index in [-0.39, 0.29) is 6.04 Å². The third kappa shape index (κ3) is 3.11. The van der Waals surface area contributed by atoms with E-state index >= 15 is 0 Å². The molecule has 2 aromatic rings. The molecule has 0 aliphatic heterocycles. The van der Waals surface area contributed by atoms with Gasteiger partial charge in [-0.05, 0) is 25.5 Å². The van der Waals surface area contributed by atoms with Crippen molar-refractivity contribution in [1.29, 1.82) is 0 Å². The quantitative estimate of drug-likeness (QED) is 0.887. The van der Waals surface area contributed by atoms with Gasteiger partial charge in [0.05, 0.1) is 0 Å². The molecular weight excluding hydrogens is 222 g/mol. The van der Waals surface area contributed by atoms with Crippen LogP contribution in [0.1, 0.15) is 29.7 Å². The molecule has 0 aromatic heterocycles. The molecule has 2 nitrogen and oxygen atoms in total. The van der Waals surface area contributed by atoms with Crippen LogP contribution in [0.2, 0.25) is 0 Å². The van der Waals surface area contributed by atoms with Gasteiger partial charge in [0.2, 0.25) is 0 Å². The third-order valence-electron chi connectivity index (χ3n) is 2.89. The molecule has 0 fully saturated rings. The molecule has 0 saturated heterocycles. The van der Waals surface area contributed by atoms with Crippen LogP contribution in [0.3, 0.4) is 0 Å². The van der Waals surface area contributed by atoms with Crippen LogP contribution < -0.4 is 10.5 Å². The molecule has 18 heavy (non-hydrogen) atoms. The topological polar surface area (TPSA) is 35.2 Å². The largest absolute Gasteiger partial charge is 0.489 e. The van der Waals surface area contributed by atoms with E-state index in [1.807, 2.05) is 37.3 Å². The van der Waals surface area contributed by atoms with Crippen LogP contribution in [0.5, 0.6) is 5.75 Å². The van der Waals surface area contributed by atoms with E-state index in [4.69, 9.17) is 10.5 Å². The van der Waals surface area contributed by atoms with Gasteiger partial charge in [0, 0.05) is 11.6 Å². The van der Waals surface area contributed by atoms with Crippen molar-refractivity contribution in [3.63, 3.8) is 0 Å². The molecule has 0 radical (unpaired) electrons. The summed E-state index contributed by atoms with van der Waals surface area (Å²) in [4.78, 5) is 0. The van der Waals surface area contributed by atoms with Crippen LogP contribution in [0, 0.1) is 6.92 Å². The zero-order valence-electron chi connectivity index (χ0n) is 10.9. The molecule has 2 aromatic carbocycles. The highest BCUT2D eigenvalue weighted by Gasteiger charge is 2.07. The van der Waals surface area contributed by atoms with E-state index in [9.17, 15) is 0 Å². The summed E-state index contributed by atoms with van der Waals surface area (Å²) in [6.45, 7) is 4.62. The van der Waals surface area contributed by atoms with Gasteiger partial charge in [-0.3, -0.25) is 0 Å². The van der Waals surface area contributed by atoms with E-state index in [2.05, 4.69) is 25.1 Å². The van der Waals surface area contributed by atoms with Crippen molar-refractivity contribution in [1.82, 2.24) is 0 Å². The van der Waals surface area contributed by atoms with Gasteiger partial charge in [-0.1, -0.05) is 48.0 Å². The molecule has 2 rings (SSSR count). The Labute approximate surface area is 108 Å². The highest BCUT2D eigenvalue weighted by molar-refractivity contribution is 5.35. The fourth-order valence-electron chi connectivity index (χ4n) is 1.95. The summed E-state index contributed by atoms with van der Waals surface area (Å²) in [5.41, 5.74) is 9.40. The lowest BCUT2D eigenvalue weighted by Crippen LogP contribution is -2.08. The van der Waals surface area contributed by atoms with Crippen LogP contribution in [0.15, 0.2) is 48.5 Å². The first-order valence-corrected chi connectivity index (χ1v) is 6.19. The Hall–Kier alpha value is -1.80. The standard InChI is InChI=1S/C16H19NO/c1-12-6-5-7-14(10-12)11-18-16-9-4-3-8-15(16)13(2)17/h3-10,13H,11,17H2,1-2H3. The minimum absolute atomic E-state index is 0.0151. The number of ether oxygens (including phenoxy) is 1. The van der Waals surface area contributed by atoms with Crippen molar-refractivity contribution in [2.45, 2.75) is 26.5 Å². The Morgan fingerprint density at radius 2 is 1.89 bits per heavy atom. The van der Waals surface area contributed by atoms with Crippen LogP contribution in [0.4, 0.5) is 0 Å². The summed E-state index contributed by atoms with van der Waals surface area (Å²) in [6.07, 6.45) is 0. The Balaban J connectivity index is 2.11. The lowest BCUT2D eigenvalue weighted by Gasteiger charge is -2.14. The smallest absolute Gasteiger partial charge is 0.124 e. The van der Waals surface area contributed by atoms with Crippen molar-refractivity contribution in [3.8, 4) is 5.75 Å². The average Bonchev–Trinajstić information content (AvgIpc) is 2.37. The van der Waals surface area contributed by atoms with Crippen LogP contribution in [-0.4, -0.2) is 0 Å². The average molecular weight is 241 g/mol. The predicted molar refractivity (Wildman–Crippen MR) is 74.6 cm³/mol. The number of benzene rings is 2. The summed E-state index contributed by atoms with van der Waals surface area (Å²) in [5.74, 6) is 0.869. The normalized spacial score (nSPS) is 12.2. The second kappa shape index (κ2) is 5.69. The molecule has 1 atom stereocenters. The van der Waals surface area contributed by atoms with Crippen molar-refractivity contribution in [3.05, 3.63) is 65.2 Å². The monoisotopic (exact) mass is 241 g/mol. The maximum Gasteiger partial charge on any atom is 0.124 e. The molecule has 2 N–H and O–H groups in total. The summed E-state index contributed by atoms with van der Waals surface area (Å²) in [5, 5.41) is 0. The van der Waals surface area contributed by atoms with E-state index in [0.29, 0.717) is 6.61 Å². The van der Waals surface area contributed by atoms with Gasteiger partial charge in [0.1, 0.15) is 12.4 Å². The zero-order chi connectivity index (χ0) is 13.0. The Morgan fingerprint density at radius 3 is 2.61 bits per heavy atom. The van der Waals surface area contributed by atoms with Gasteiger partial charge in [-0.2, -0.15) is 0 Å². The van der Waals surface area contributed by atoms with Crippen molar-refractivity contribution in [2.24, 2.45) is 5.73 Å². The SMILES string of the molecule is Cc1cccc(COc2ccccc2C(C)N)c1. The van der Waals surface area contributed by atoms with Crippen molar-refractivity contribution < 1.29 is 4.74 Å². The summed E-state index contributed by atoms with van der Waals surface area (Å²) in [7, 11) is 0. The van der Waals surface area contributed by atoms with Gasteiger partial charge < -0.3 is 10.5 Å². The van der Waals surface area contributed by atoms with Gasteiger partial charge in [0.15, 0.2) is 0 Å². The van der Waals surface area contributed by atoms with E-state index in [1.165, 1.54) is 11.1 Å². The minimum Gasteiger partial charge on any atom is -0.489 e. The van der Waals surface area contributed by atoms with Gasteiger partial charge in [0.25, 0.3) is 0 Å². The Morgan fingerprint density at radius 1 is 1.11 bits per heavy atom. The third-order valence-corrected chi connectivity index (χ3v) is 2.89. The van der Waals surface area contributed by atoms with E-state index < -0.39 is 0 Å². The second-order valence-electron chi connectivity index (χ2n) is 4.60. The van der Waals surface area contributed by atoms with Gasteiger partial charge >= 0.3 is 0 Å². The highest BCUT2D eigenvalue weighted by atomic mass is 16.5. The molecule has 0 amide bonds. The number of hydrogen-bond acceptors (Lipinski definition) is 2. The summed E-state index contributed by atoms with van der Waals surface area (Å²) < 4.78 is 5.86. The van der Waals surface area contributed by atoms with Crippen LogP contribution in [0.25, 0.3) is 0 Å². The molecule has 0 aliphatic rings. The summed E-state index contributed by atoms with van der Waals surface area (Å²) in [6, 6.07) is 16.3. The first-order valence-electron chi connectivity index (χ1n) is 6.19. The molecule has 2 heteroatoms. The fourth-order valence-corrected chi connectivity index (χ4v) is 1.95. The van der Waals surface area contributed by atoms with Crippen LogP contribution in [-0.2, 0) is 6.61 Å². The highest BCUT2D eigenvalue weighted by Crippen LogP contribution is 2.24. The zero-order valence-corrected chi connectivity index (χ0v) is 10.9. The second-order valence-corrected chi connectivity index (χ2v) is 4.60. The van der Waals surface area contributed by atoms with Crippen LogP contribution >= 0.6 is 0 Å². The van der Waals surface area contributed by atoms with E-state index in [1.54, 1.807) is 0 Å². The number of para-hydroxylation sites is 1. The Kier molecular flexibility index (Phi) is 4.00. The first-order chi connectivity index (χ1) is 8.66. The molecule has 0 heterocycles. The minimum atomic E-state index is -0.0151. The molecule has 0 bridgehead atoms. The number of nitrogens with two attached hydrogens (primary N) is 1. The maximum absolute atomic E-state index is 5.93. The predicted octanol–water partition coefficient (Wildman–Crippen LogP) is 3.59. The van der Waals surface area contributed by atoms with Gasteiger partial charge in [-0.15, -0.1) is 0 Å². The first kappa shape index (κ1) is 12.7. The van der Waals surface area contributed by atoms with E-state index in [0.717, 1.165) is 11.3 Å². The molecular formula is C16H19NO. The number of aryl methyl sites for hydroxylation is 1. The van der Waals surface area contributed by atoms with Crippen molar-refractivity contribution >= 4 is 0 Å².